The van der Waals surface area contributed by atoms with E-state index in [-0.39, 0.29) is 23.7 Å². The van der Waals surface area contributed by atoms with Gasteiger partial charge in [-0.15, -0.1) is 0 Å². The van der Waals surface area contributed by atoms with Crippen LogP contribution in [0.25, 0.3) is 16.7 Å². The van der Waals surface area contributed by atoms with Gasteiger partial charge in [0, 0.05) is 7.11 Å². The third kappa shape index (κ3) is 3.77. The molecule has 3 rings (SSSR count). The molecule has 4 nitrogen and oxygen atoms in total. The highest BCUT2D eigenvalue weighted by Gasteiger charge is 2.50. The number of benzene rings is 2. The van der Waals surface area contributed by atoms with Crippen molar-refractivity contribution in [2.75, 3.05) is 13.7 Å². The number of rotatable bonds is 5. The first-order chi connectivity index (χ1) is 14.0. The van der Waals surface area contributed by atoms with Crippen LogP contribution in [0.2, 0.25) is 0 Å². The molecule has 1 N–H and O–H groups in total. The first kappa shape index (κ1) is 22.1. The first-order valence-electron chi connectivity index (χ1n) is 9.80. The Kier molecular flexibility index (Phi) is 5.85. The van der Waals surface area contributed by atoms with Crippen molar-refractivity contribution in [2.45, 2.75) is 45.3 Å². The third-order valence-corrected chi connectivity index (χ3v) is 5.42. The maximum absolute atomic E-state index is 13.7. The van der Waals surface area contributed by atoms with E-state index < -0.39 is 22.8 Å². The molecule has 2 aromatic rings. The van der Waals surface area contributed by atoms with E-state index in [0.717, 1.165) is 17.7 Å². The number of hydrogen-bond acceptors (Lipinski definition) is 4. The zero-order valence-electron chi connectivity index (χ0n) is 17.8. The summed E-state index contributed by atoms with van der Waals surface area (Å²) in [7, 11) is 1.49. The lowest BCUT2D eigenvalue weighted by atomic mass is 9.80. The van der Waals surface area contributed by atoms with Crippen LogP contribution in [0.15, 0.2) is 42.2 Å². The van der Waals surface area contributed by atoms with Gasteiger partial charge in [0.15, 0.2) is 17.2 Å². The van der Waals surface area contributed by atoms with Crippen LogP contribution in [-0.2, 0) is 20.7 Å². The van der Waals surface area contributed by atoms with Crippen molar-refractivity contribution in [3.63, 3.8) is 0 Å². The largest absolute Gasteiger partial charge is 0.508 e. The second kappa shape index (κ2) is 7.93. The molecule has 0 bridgehead atoms. The predicted octanol–water partition coefficient (Wildman–Crippen LogP) is 5.25. The molecule has 1 unspecified atom stereocenters. The van der Waals surface area contributed by atoms with E-state index in [4.69, 9.17) is 9.47 Å². The Morgan fingerprint density at radius 1 is 1.03 bits per heavy atom. The Morgan fingerprint density at radius 3 is 2.27 bits per heavy atom. The zero-order chi connectivity index (χ0) is 22.3. The summed E-state index contributed by atoms with van der Waals surface area (Å²) in [6.45, 7) is 7.01. The van der Waals surface area contributed by atoms with Crippen LogP contribution in [0, 0.1) is 11.6 Å². The van der Waals surface area contributed by atoms with Crippen LogP contribution in [0.5, 0.6) is 0 Å². The Hall–Kier alpha value is -2.57. The van der Waals surface area contributed by atoms with E-state index in [2.05, 4.69) is 0 Å². The number of aliphatic hydroxyl groups is 1. The number of carbonyl (C=O) groups is 1. The molecule has 1 atom stereocenters. The molecule has 6 heteroatoms. The summed E-state index contributed by atoms with van der Waals surface area (Å²) in [5, 5.41) is 10.9. The number of ketones is 1. The van der Waals surface area contributed by atoms with Crippen LogP contribution in [0.4, 0.5) is 8.78 Å². The maximum atomic E-state index is 13.7. The van der Waals surface area contributed by atoms with Gasteiger partial charge in [0.1, 0.15) is 11.4 Å². The third-order valence-electron chi connectivity index (χ3n) is 5.42. The molecule has 0 radical (unpaired) electrons. The van der Waals surface area contributed by atoms with Crippen molar-refractivity contribution >= 4 is 11.4 Å². The molecule has 0 aliphatic carbocycles. The topological polar surface area (TPSA) is 55.8 Å². The summed E-state index contributed by atoms with van der Waals surface area (Å²) in [5.41, 5.74) is 0.461. The number of methoxy groups -OCH3 is 1. The fourth-order valence-corrected chi connectivity index (χ4v) is 3.94. The monoisotopic (exact) mass is 416 g/mol. The highest BCUT2D eigenvalue weighted by atomic mass is 19.2. The van der Waals surface area contributed by atoms with E-state index >= 15 is 0 Å². The lowest BCUT2D eigenvalue weighted by molar-refractivity contribution is -0.173. The van der Waals surface area contributed by atoms with Gasteiger partial charge in [0.05, 0.1) is 12.2 Å². The van der Waals surface area contributed by atoms with Gasteiger partial charge in [0.25, 0.3) is 0 Å². The summed E-state index contributed by atoms with van der Waals surface area (Å²) in [6.07, 6.45) is 0.569. The minimum Gasteiger partial charge on any atom is -0.508 e. The van der Waals surface area contributed by atoms with Crippen LogP contribution in [0.1, 0.15) is 38.8 Å². The number of ether oxygens (including phenoxy) is 2. The average Bonchev–Trinajstić information content (AvgIpc) is 2.69. The van der Waals surface area contributed by atoms with Crippen LogP contribution >= 0.6 is 0 Å². The van der Waals surface area contributed by atoms with Gasteiger partial charge >= 0.3 is 0 Å². The number of hydrogen-bond donors (Lipinski definition) is 1. The molecule has 160 valence electrons. The SMILES string of the molecule is CCc1cc(-c2ccc(F)c(F)c2)ccc1C1=C(O)C(C)(C)OC(C)(COC)C1=O. The number of halogens is 2. The van der Waals surface area contributed by atoms with Crippen LogP contribution in [-0.4, -0.2) is 35.8 Å². The molecule has 0 aromatic heterocycles. The van der Waals surface area contributed by atoms with Gasteiger partial charge in [-0.2, -0.15) is 0 Å². The molecule has 0 spiro atoms. The fraction of sp³-hybridized carbons (Fsp3) is 0.375. The Bertz CT molecular complexity index is 1030. The number of carbonyl (C=O) groups excluding carboxylic acids is 1. The zero-order valence-corrected chi connectivity index (χ0v) is 17.8. The molecule has 1 aliphatic rings. The second-order valence-electron chi connectivity index (χ2n) is 8.18. The van der Waals surface area contributed by atoms with Gasteiger partial charge in [-0.3, -0.25) is 4.79 Å². The van der Waals surface area contributed by atoms with Gasteiger partial charge < -0.3 is 14.6 Å². The summed E-state index contributed by atoms with van der Waals surface area (Å²) in [6, 6.07) is 9.00. The number of Topliss-reactive ketones (excluding diaryl/α,β-unsaturated/α-hetero) is 1. The van der Waals surface area contributed by atoms with Crippen molar-refractivity contribution in [1.29, 1.82) is 0 Å². The molecule has 0 saturated carbocycles. The molecule has 2 aromatic carbocycles. The van der Waals surface area contributed by atoms with Crippen molar-refractivity contribution in [2.24, 2.45) is 0 Å². The molecular weight excluding hydrogens is 390 g/mol. The fourth-order valence-electron chi connectivity index (χ4n) is 3.94. The van der Waals surface area contributed by atoms with E-state index in [0.29, 0.717) is 23.1 Å². The van der Waals surface area contributed by atoms with Crippen LogP contribution in [0.3, 0.4) is 0 Å². The molecule has 1 aliphatic heterocycles. The lowest BCUT2D eigenvalue weighted by Crippen LogP contribution is -2.53. The Labute approximate surface area is 175 Å². The van der Waals surface area contributed by atoms with Crippen LogP contribution < -0.4 is 0 Å². The van der Waals surface area contributed by atoms with Gasteiger partial charge in [-0.05, 0) is 61.6 Å². The molecule has 1 heterocycles. The average molecular weight is 416 g/mol. The Morgan fingerprint density at radius 2 is 1.67 bits per heavy atom. The van der Waals surface area contributed by atoms with E-state index in [1.54, 1.807) is 32.9 Å². The highest BCUT2D eigenvalue weighted by Crippen LogP contribution is 2.41. The molecule has 0 amide bonds. The minimum atomic E-state index is -1.25. The summed E-state index contributed by atoms with van der Waals surface area (Å²) in [5.74, 6) is -2.34. The van der Waals surface area contributed by atoms with E-state index in [1.807, 2.05) is 13.0 Å². The van der Waals surface area contributed by atoms with Gasteiger partial charge in [-0.1, -0.05) is 31.2 Å². The summed E-state index contributed by atoms with van der Waals surface area (Å²) in [4.78, 5) is 13.3. The van der Waals surface area contributed by atoms with E-state index in [1.165, 1.54) is 13.2 Å². The molecular formula is C24H26F2O4. The predicted molar refractivity (Wildman–Crippen MR) is 111 cm³/mol. The minimum absolute atomic E-state index is 0.0421. The number of aryl methyl sites for hydroxylation is 1. The van der Waals surface area contributed by atoms with Crippen molar-refractivity contribution < 1.29 is 28.2 Å². The van der Waals surface area contributed by atoms with Gasteiger partial charge in [-0.25, -0.2) is 8.78 Å². The molecule has 0 fully saturated rings. The lowest BCUT2D eigenvalue weighted by Gasteiger charge is -2.42. The smallest absolute Gasteiger partial charge is 0.200 e. The second-order valence-corrected chi connectivity index (χ2v) is 8.18. The highest BCUT2D eigenvalue weighted by molar-refractivity contribution is 6.26. The quantitative estimate of drug-likeness (QED) is 0.724. The van der Waals surface area contributed by atoms with Crippen molar-refractivity contribution in [3.8, 4) is 11.1 Å². The first-order valence-corrected chi connectivity index (χ1v) is 9.80. The summed E-state index contributed by atoms with van der Waals surface area (Å²) < 4.78 is 38.1. The molecule has 30 heavy (non-hydrogen) atoms. The van der Waals surface area contributed by atoms with Gasteiger partial charge in [0.2, 0.25) is 5.78 Å². The summed E-state index contributed by atoms with van der Waals surface area (Å²) >= 11 is 0. The standard InChI is InChI=1S/C24H26F2O4/c1-6-14-11-15(16-8-10-18(25)19(26)12-16)7-9-17(14)20-21(27)23(2,3)30-24(4,13-29-5)22(20)28/h7-12,27H,6,13H2,1-5H3. The Balaban J connectivity index is 2.16. The van der Waals surface area contributed by atoms with Crippen molar-refractivity contribution in [1.82, 2.24) is 0 Å². The van der Waals surface area contributed by atoms with E-state index in [9.17, 15) is 18.7 Å². The normalized spacial score (nSPS) is 21.2. The molecule has 0 saturated heterocycles. The van der Waals surface area contributed by atoms with Crippen molar-refractivity contribution in [3.05, 3.63) is 64.9 Å². The maximum Gasteiger partial charge on any atom is 0.200 e. The number of aliphatic hydroxyl groups excluding tert-OH is 1.